The molecular formula is C19H16ClN5O4S. The van der Waals surface area contributed by atoms with Crippen molar-refractivity contribution in [3.63, 3.8) is 0 Å². The molecule has 30 heavy (non-hydrogen) atoms. The predicted molar refractivity (Wildman–Crippen MR) is 113 cm³/mol. The lowest BCUT2D eigenvalue weighted by Crippen LogP contribution is -2.17. The van der Waals surface area contributed by atoms with Gasteiger partial charge in [-0.25, -0.2) is 18.4 Å². The minimum absolute atomic E-state index is 0.0127. The average molecular weight is 446 g/mol. The Morgan fingerprint density at radius 3 is 2.40 bits per heavy atom. The molecule has 0 fully saturated rings. The van der Waals surface area contributed by atoms with E-state index in [9.17, 15) is 18.0 Å². The highest BCUT2D eigenvalue weighted by atomic mass is 35.5. The smallest absolute Gasteiger partial charge is 0.278 e. The van der Waals surface area contributed by atoms with Gasteiger partial charge in [-0.3, -0.25) is 9.59 Å². The second-order valence-electron chi connectivity index (χ2n) is 6.19. The van der Waals surface area contributed by atoms with Crippen LogP contribution in [0.5, 0.6) is 0 Å². The minimum atomic E-state index is -3.45. The van der Waals surface area contributed by atoms with E-state index in [2.05, 4.69) is 20.6 Å². The number of nitrogens with zero attached hydrogens (tertiary/aromatic N) is 2. The summed E-state index contributed by atoms with van der Waals surface area (Å²) in [5, 5.41) is 5.36. The maximum Gasteiger partial charge on any atom is 0.278 e. The van der Waals surface area contributed by atoms with E-state index in [0.717, 1.165) is 6.26 Å². The van der Waals surface area contributed by atoms with Crippen molar-refractivity contribution in [2.75, 3.05) is 22.6 Å². The van der Waals surface area contributed by atoms with E-state index in [1.807, 2.05) is 0 Å². The van der Waals surface area contributed by atoms with Gasteiger partial charge >= 0.3 is 0 Å². The molecule has 0 aliphatic heterocycles. The third-order valence-corrected chi connectivity index (χ3v) is 5.36. The van der Waals surface area contributed by atoms with Crippen molar-refractivity contribution >= 4 is 50.4 Å². The predicted octanol–water partition coefficient (Wildman–Crippen LogP) is 2.62. The maximum atomic E-state index is 12.5. The first-order valence-corrected chi connectivity index (χ1v) is 10.7. The van der Waals surface area contributed by atoms with Crippen molar-refractivity contribution in [1.29, 1.82) is 0 Å². The number of nitrogens with one attached hydrogen (secondary N) is 2. The Morgan fingerprint density at radius 1 is 1.00 bits per heavy atom. The van der Waals surface area contributed by atoms with Crippen molar-refractivity contribution in [2.24, 2.45) is 0 Å². The number of carbonyl (C=O) groups is 2. The van der Waals surface area contributed by atoms with Crippen molar-refractivity contribution < 1.29 is 18.0 Å². The zero-order valence-electron chi connectivity index (χ0n) is 15.6. The summed E-state index contributed by atoms with van der Waals surface area (Å²) in [6, 6.07) is 10.1. The summed E-state index contributed by atoms with van der Waals surface area (Å²) in [7, 11) is -3.45. The summed E-state index contributed by atoms with van der Waals surface area (Å²) in [4.78, 5) is 32.4. The van der Waals surface area contributed by atoms with Crippen LogP contribution in [-0.4, -0.2) is 36.5 Å². The van der Waals surface area contributed by atoms with E-state index in [0.29, 0.717) is 5.69 Å². The van der Waals surface area contributed by atoms with Crippen LogP contribution in [0.1, 0.15) is 20.8 Å². The largest absolute Gasteiger partial charge is 0.382 e. The highest BCUT2D eigenvalue weighted by Crippen LogP contribution is 2.26. The topological polar surface area (TPSA) is 144 Å². The molecule has 3 rings (SSSR count). The van der Waals surface area contributed by atoms with Crippen LogP contribution in [0.2, 0.25) is 5.02 Å². The fourth-order valence-electron chi connectivity index (χ4n) is 2.47. The number of halogens is 1. The van der Waals surface area contributed by atoms with Crippen molar-refractivity contribution in [3.05, 3.63) is 71.1 Å². The Hall–Kier alpha value is -3.50. The highest BCUT2D eigenvalue weighted by molar-refractivity contribution is 7.90. The van der Waals surface area contributed by atoms with Crippen LogP contribution in [0, 0.1) is 0 Å². The molecular weight excluding hydrogens is 430 g/mol. The molecule has 0 bridgehead atoms. The lowest BCUT2D eigenvalue weighted by atomic mass is 10.2. The first kappa shape index (κ1) is 21.2. The molecule has 2 aromatic carbocycles. The van der Waals surface area contributed by atoms with Gasteiger partial charge in [0.25, 0.3) is 11.8 Å². The number of anilines is 3. The molecule has 1 aromatic heterocycles. The summed E-state index contributed by atoms with van der Waals surface area (Å²) < 4.78 is 23.3. The maximum absolute atomic E-state index is 12.5. The molecule has 1 heterocycles. The van der Waals surface area contributed by atoms with Crippen molar-refractivity contribution in [1.82, 2.24) is 9.97 Å². The highest BCUT2D eigenvalue weighted by Gasteiger charge is 2.15. The van der Waals surface area contributed by atoms with Gasteiger partial charge in [0.2, 0.25) is 0 Å². The number of benzene rings is 2. The molecule has 0 unspecified atom stereocenters. The molecule has 0 spiro atoms. The molecule has 9 nitrogen and oxygen atoms in total. The minimum Gasteiger partial charge on any atom is -0.382 e. The van der Waals surface area contributed by atoms with Crippen LogP contribution in [0.15, 0.2) is 59.8 Å². The van der Waals surface area contributed by atoms with Gasteiger partial charge in [-0.1, -0.05) is 17.7 Å². The number of hydrogen-bond acceptors (Lipinski definition) is 7. The fraction of sp³-hybridized carbons (Fsp3) is 0.0526. The normalized spacial score (nSPS) is 11.0. The van der Waals surface area contributed by atoms with Crippen LogP contribution in [-0.2, 0) is 9.84 Å². The summed E-state index contributed by atoms with van der Waals surface area (Å²) in [5.41, 5.74) is 6.39. The van der Waals surface area contributed by atoms with E-state index in [4.69, 9.17) is 17.3 Å². The van der Waals surface area contributed by atoms with Gasteiger partial charge in [-0.05, 0) is 36.4 Å². The fourth-order valence-corrected chi connectivity index (χ4v) is 3.37. The van der Waals surface area contributed by atoms with E-state index in [1.54, 1.807) is 0 Å². The standard InChI is InChI=1S/C19H16ClN5O4S/c1-30(28,29)13-4-2-3-11(9-13)18(26)25-15-6-5-12(10-14(15)20)24-19(27)16-17(21)23-8-7-22-16/h2-10H,1H3,(H2,21,23)(H,24,27)(H,25,26). The molecule has 154 valence electrons. The number of amides is 2. The van der Waals surface area contributed by atoms with Gasteiger partial charge < -0.3 is 16.4 Å². The molecule has 4 N–H and O–H groups in total. The number of aromatic nitrogens is 2. The average Bonchev–Trinajstić information content (AvgIpc) is 2.69. The first-order chi connectivity index (χ1) is 14.1. The Balaban J connectivity index is 1.75. The molecule has 0 saturated heterocycles. The molecule has 0 aliphatic rings. The van der Waals surface area contributed by atoms with Crippen LogP contribution < -0.4 is 16.4 Å². The third-order valence-electron chi connectivity index (χ3n) is 3.94. The quantitative estimate of drug-likeness (QED) is 0.547. The van der Waals surface area contributed by atoms with Gasteiger partial charge in [0, 0.05) is 29.9 Å². The Morgan fingerprint density at radius 2 is 1.73 bits per heavy atom. The van der Waals surface area contributed by atoms with E-state index < -0.39 is 21.7 Å². The van der Waals surface area contributed by atoms with E-state index in [-0.39, 0.29) is 32.7 Å². The zero-order valence-corrected chi connectivity index (χ0v) is 17.2. The number of nitrogen functional groups attached to an aromatic ring is 1. The zero-order chi connectivity index (χ0) is 21.9. The molecule has 2 amide bonds. The van der Waals surface area contributed by atoms with Crippen LogP contribution in [0.3, 0.4) is 0 Å². The van der Waals surface area contributed by atoms with Gasteiger partial charge in [-0.15, -0.1) is 0 Å². The number of nitrogens with two attached hydrogens (primary N) is 1. The lowest BCUT2D eigenvalue weighted by molar-refractivity contribution is 0.101. The molecule has 0 saturated carbocycles. The monoisotopic (exact) mass is 445 g/mol. The van der Waals surface area contributed by atoms with Crippen LogP contribution in [0.25, 0.3) is 0 Å². The van der Waals surface area contributed by atoms with Gasteiger partial charge in [0.1, 0.15) is 0 Å². The number of sulfone groups is 1. The molecule has 11 heteroatoms. The lowest BCUT2D eigenvalue weighted by Gasteiger charge is -2.11. The first-order valence-electron chi connectivity index (χ1n) is 8.44. The Labute approximate surface area is 177 Å². The molecule has 0 radical (unpaired) electrons. The summed E-state index contributed by atoms with van der Waals surface area (Å²) in [6.45, 7) is 0. The Kier molecular flexibility index (Phi) is 5.99. The molecule has 0 atom stereocenters. The molecule has 3 aromatic rings. The van der Waals surface area contributed by atoms with Crippen molar-refractivity contribution in [3.8, 4) is 0 Å². The van der Waals surface area contributed by atoms with E-state index >= 15 is 0 Å². The Bertz CT molecular complexity index is 1250. The van der Waals surface area contributed by atoms with Gasteiger partial charge in [0.05, 0.1) is 15.6 Å². The van der Waals surface area contributed by atoms with Crippen LogP contribution in [0.4, 0.5) is 17.2 Å². The number of carbonyl (C=O) groups excluding carboxylic acids is 2. The van der Waals surface area contributed by atoms with Crippen molar-refractivity contribution in [2.45, 2.75) is 4.90 Å². The summed E-state index contributed by atoms with van der Waals surface area (Å²) in [5.74, 6) is -1.11. The number of hydrogen-bond donors (Lipinski definition) is 3. The number of rotatable bonds is 5. The second-order valence-corrected chi connectivity index (χ2v) is 8.62. The van der Waals surface area contributed by atoms with Gasteiger partial charge in [-0.2, -0.15) is 0 Å². The molecule has 0 aliphatic carbocycles. The van der Waals surface area contributed by atoms with Crippen LogP contribution >= 0.6 is 11.6 Å². The summed E-state index contributed by atoms with van der Waals surface area (Å²) >= 11 is 6.21. The SMILES string of the molecule is CS(=O)(=O)c1cccc(C(=O)Nc2ccc(NC(=O)c3nccnc3N)cc2Cl)c1. The third kappa shape index (κ3) is 4.91. The second kappa shape index (κ2) is 8.47. The van der Waals surface area contributed by atoms with E-state index in [1.165, 1.54) is 54.9 Å². The summed E-state index contributed by atoms with van der Waals surface area (Å²) in [6.07, 6.45) is 3.77. The van der Waals surface area contributed by atoms with Gasteiger partial charge in [0.15, 0.2) is 21.3 Å².